The number of amides is 1. The number of benzene rings is 2. The number of nitrogens with one attached hydrogen (secondary N) is 2. The Morgan fingerprint density at radius 2 is 1.85 bits per heavy atom. The molecule has 3 N–H and O–H groups in total. The molecule has 0 aliphatic carbocycles. The van der Waals surface area contributed by atoms with Gasteiger partial charge in [0.2, 0.25) is 0 Å². The van der Waals surface area contributed by atoms with Crippen molar-refractivity contribution >= 4 is 46.5 Å². The van der Waals surface area contributed by atoms with Crippen LogP contribution in [0.15, 0.2) is 36.4 Å². The van der Waals surface area contributed by atoms with Gasteiger partial charge in [0.1, 0.15) is 0 Å². The van der Waals surface area contributed by atoms with E-state index >= 15 is 0 Å². The zero-order chi connectivity index (χ0) is 19.3. The van der Waals surface area contributed by atoms with Crippen molar-refractivity contribution in [3.8, 4) is 5.75 Å². The van der Waals surface area contributed by atoms with Crippen molar-refractivity contribution in [3.63, 3.8) is 0 Å². The Hall–Kier alpha value is -2.64. The molecule has 0 spiro atoms. The molecule has 0 aromatic heterocycles. The van der Waals surface area contributed by atoms with Crippen LogP contribution in [0.1, 0.15) is 33.2 Å². The fourth-order valence-electron chi connectivity index (χ4n) is 2.24. The summed E-state index contributed by atoms with van der Waals surface area (Å²) >= 11 is 11.2. The van der Waals surface area contributed by atoms with Crippen LogP contribution in [-0.4, -0.2) is 29.2 Å². The number of hydrogen-bond acceptors (Lipinski definition) is 4. The molecule has 0 heterocycles. The number of thiocarbonyl (C=S) groups is 1. The Balaban J connectivity index is 2.16. The molecule has 0 fully saturated rings. The van der Waals surface area contributed by atoms with Crippen molar-refractivity contribution in [3.05, 3.63) is 58.1 Å². The average molecular weight is 393 g/mol. The molecular weight excluding hydrogens is 376 g/mol. The number of carbonyl (C=O) groups is 2. The molecule has 136 valence electrons. The molecule has 2 rings (SSSR count). The zero-order valence-corrected chi connectivity index (χ0v) is 15.7. The van der Waals surface area contributed by atoms with Gasteiger partial charge in [0.15, 0.2) is 10.9 Å². The van der Waals surface area contributed by atoms with Crippen LogP contribution in [0.4, 0.5) is 5.69 Å². The predicted molar refractivity (Wildman–Crippen MR) is 104 cm³/mol. The van der Waals surface area contributed by atoms with E-state index in [-0.39, 0.29) is 33.0 Å². The first-order valence-corrected chi connectivity index (χ1v) is 8.46. The largest absolute Gasteiger partial charge is 0.493 e. The van der Waals surface area contributed by atoms with E-state index in [4.69, 9.17) is 33.7 Å². The summed E-state index contributed by atoms with van der Waals surface area (Å²) in [7, 11) is 1.39. The molecular formula is C18H17ClN2O4S. The number of anilines is 1. The van der Waals surface area contributed by atoms with Gasteiger partial charge in [0.05, 0.1) is 23.4 Å². The van der Waals surface area contributed by atoms with Crippen LogP contribution in [0.5, 0.6) is 5.75 Å². The number of hydrogen-bond donors (Lipinski definition) is 3. The summed E-state index contributed by atoms with van der Waals surface area (Å²) in [6.45, 7) is 2.03. The predicted octanol–water partition coefficient (Wildman–Crippen LogP) is 3.74. The van der Waals surface area contributed by atoms with Gasteiger partial charge < -0.3 is 15.2 Å². The minimum atomic E-state index is -1.15. The number of rotatable bonds is 5. The highest BCUT2D eigenvalue weighted by atomic mass is 35.5. The SMILES string of the molecule is CCc1ccc(C(=O)NC(=S)Nc2cc(C(=O)O)cc(Cl)c2OC)cc1. The van der Waals surface area contributed by atoms with Gasteiger partial charge in [0, 0.05) is 5.56 Å². The molecule has 0 saturated carbocycles. The zero-order valence-electron chi connectivity index (χ0n) is 14.1. The van der Waals surface area contributed by atoms with Crippen LogP contribution in [0, 0.1) is 0 Å². The number of carbonyl (C=O) groups excluding carboxylic acids is 1. The summed E-state index contributed by atoms with van der Waals surface area (Å²) in [6.07, 6.45) is 0.877. The monoisotopic (exact) mass is 392 g/mol. The quantitative estimate of drug-likeness (QED) is 0.672. The summed E-state index contributed by atoms with van der Waals surface area (Å²) < 4.78 is 5.17. The number of methoxy groups -OCH3 is 1. The first-order chi connectivity index (χ1) is 12.3. The summed E-state index contributed by atoms with van der Waals surface area (Å²) in [5.41, 5.74) is 1.77. The van der Waals surface area contributed by atoms with E-state index in [1.54, 1.807) is 12.1 Å². The van der Waals surface area contributed by atoms with Crippen molar-refractivity contribution in [2.45, 2.75) is 13.3 Å². The summed E-state index contributed by atoms with van der Waals surface area (Å²) in [4.78, 5) is 23.4. The highest BCUT2D eigenvalue weighted by molar-refractivity contribution is 7.80. The molecule has 0 unspecified atom stereocenters. The molecule has 6 nitrogen and oxygen atoms in total. The Bertz CT molecular complexity index is 853. The third kappa shape index (κ3) is 4.71. The van der Waals surface area contributed by atoms with Crippen molar-refractivity contribution in [1.82, 2.24) is 5.32 Å². The van der Waals surface area contributed by atoms with E-state index < -0.39 is 5.97 Å². The molecule has 1 amide bonds. The summed E-state index contributed by atoms with van der Waals surface area (Å²) in [5.74, 6) is -1.31. The summed E-state index contributed by atoms with van der Waals surface area (Å²) in [5, 5.41) is 14.5. The second-order valence-electron chi connectivity index (χ2n) is 5.30. The van der Waals surface area contributed by atoms with E-state index in [0.717, 1.165) is 12.0 Å². The van der Waals surface area contributed by atoms with Crippen molar-refractivity contribution in [2.24, 2.45) is 0 Å². The van der Waals surface area contributed by atoms with E-state index in [2.05, 4.69) is 10.6 Å². The molecule has 2 aromatic rings. The van der Waals surface area contributed by atoms with Crippen LogP contribution in [0.3, 0.4) is 0 Å². The van der Waals surface area contributed by atoms with Crippen LogP contribution in [0.2, 0.25) is 5.02 Å². The Morgan fingerprint density at radius 1 is 1.19 bits per heavy atom. The number of carboxylic acid groups (broad SMARTS) is 1. The Morgan fingerprint density at radius 3 is 2.38 bits per heavy atom. The lowest BCUT2D eigenvalue weighted by Gasteiger charge is -2.15. The molecule has 26 heavy (non-hydrogen) atoms. The molecule has 8 heteroatoms. The lowest BCUT2D eigenvalue weighted by molar-refractivity contribution is 0.0696. The van der Waals surface area contributed by atoms with Gasteiger partial charge in [-0.15, -0.1) is 0 Å². The van der Waals surface area contributed by atoms with Gasteiger partial charge in [-0.05, 0) is 48.5 Å². The lowest BCUT2D eigenvalue weighted by Crippen LogP contribution is -2.34. The van der Waals surface area contributed by atoms with Crippen LogP contribution in [0.25, 0.3) is 0 Å². The fraction of sp³-hybridized carbons (Fsp3) is 0.167. The lowest BCUT2D eigenvalue weighted by atomic mass is 10.1. The maximum absolute atomic E-state index is 12.3. The third-order valence-electron chi connectivity index (χ3n) is 3.59. The average Bonchev–Trinajstić information content (AvgIpc) is 2.61. The number of carboxylic acids is 1. The molecule has 0 atom stereocenters. The van der Waals surface area contributed by atoms with Crippen LogP contribution >= 0.6 is 23.8 Å². The second-order valence-corrected chi connectivity index (χ2v) is 6.12. The Kier molecular flexibility index (Phi) is 6.54. The first kappa shape index (κ1) is 19.7. The van der Waals surface area contributed by atoms with Crippen LogP contribution in [-0.2, 0) is 6.42 Å². The van der Waals surface area contributed by atoms with E-state index in [0.29, 0.717) is 5.56 Å². The Labute approximate surface area is 161 Å². The van der Waals surface area contributed by atoms with E-state index in [1.165, 1.54) is 19.2 Å². The standard InChI is InChI=1S/C18H17ClN2O4S/c1-3-10-4-6-11(7-5-10)16(22)21-18(26)20-14-9-12(17(23)24)8-13(19)15(14)25-2/h4-9H,3H2,1-2H3,(H,23,24)(H2,20,21,22,26). The minimum absolute atomic E-state index is 0.00789. The summed E-state index contributed by atoms with van der Waals surface area (Å²) in [6, 6.07) is 9.74. The molecule has 0 saturated heterocycles. The first-order valence-electron chi connectivity index (χ1n) is 7.67. The van der Waals surface area contributed by atoms with Gasteiger partial charge in [0.25, 0.3) is 5.91 Å². The normalized spacial score (nSPS) is 10.1. The topological polar surface area (TPSA) is 87.7 Å². The highest BCUT2D eigenvalue weighted by Crippen LogP contribution is 2.34. The van der Waals surface area contributed by atoms with Crippen LogP contribution < -0.4 is 15.4 Å². The van der Waals surface area contributed by atoms with Gasteiger partial charge >= 0.3 is 5.97 Å². The molecule has 0 aliphatic heterocycles. The van der Waals surface area contributed by atoms with Crippen molar-refractivity contribution < 1.29 is 19.4 Å². The number of aryl methyl sites for hydroxylation is 1. The number of ether oxygens (including phenoxy) is 1. The van der Waals surface area contributed by atoms with E-state index in [9.17, 15) is 9.59 Å². The van der Waals surface area contributed by atoms with Gasteiger partial charge in [-0.1, -0.05) is 30.7 Å². The highest BCUT2D eigenvalue weighted by Gasteiger charge is 2.16. The van der Waals surface area contributed by atoms with Gasteiger partial charge in [-0.25, -0.2) is 4.79 Å². The second kappa shape index (κ2) is 8.64. The molecule has 0 bridgehead atoms. The van der Waals surface area contributed by atoms with Crippen molar-refractivity contribution in [2.75, 3.05) is 12.4 Å². The maximum atomic E-state index is 12.3. The fourth-order valence-corrected chi connectivity index (χ4v) is 2.74. The number of halogens is 1. The van der Waals surface area contributed by atoms with Gasteiger partial charge in [-0.3, -0.25) is 10.1 Å². The minimum Gasteiger partial charge on any atom is -0.493 e. The maximum Gasteiger partial charge on any atom is 0.335 e. The van der Waals surface area contributed by atoms with Crippen molar-refractivity contribution in [1.29, 1.82) is 0 Å². The van der Waals surface area contributed by atoms with E-state index in [1.807, 2.05) is 19.1 Å². The molecule has 0 radical (unpaired) electrons. The molecule has 0 aliphatic rings. The van der Waals surface area contributed by atoms with Gasteiger partial charge in [-0.2, -0.15) is 0 Å². The number of aromatic carboxylic acids is 1. The smallest absolute Gasteiger partial charge is 0.335 e. The third-order valence-corrected chi connectivity index (χ3v) is 4.08. The molecule has 2 aromatic carbocycles.